The van der Waals surface area contributed by atoms with Crippen LogP contribution in [0.1, 0.15) is 77.3 Å². The number of H-pyrrole nitrogens is 1. The quantitative estimate of drug-likeness (QED) is 0.0449. The van der Waals surface area contributed by atoms with Gasteiger partial charge in [0, 0.05) is 73.9 Å². The molecule has 0 saturated heterocycles. The first-order valence-corrected chi connectivity index (χ1v) is 27.3. The maximum Gasteiger partial charge on any atom is 0.336 e. The van der Waals surface area contributed by atoms with Gasteiger partial charge in [0.25, 0.3) is 0 Å². The van der Waals surface area contributed by atoms with Crippen LogP contribution in [0.25, 0.3) is 45.3 Å². The minimum Gasteiger partial charge on any atom is -0.481 e. The van der Waals surface area contributed by atoms with E-state index in [1.54, 1.807) is 69.3 Å². The van der Waals surface area contributed by atoms with Gasteiger partial charge in [0.1, 0.15) is 32.2 Å². The van der Waals surface area contributed by atoms with E-state index in [2.05, 4.69) is 64.8 Å². The Balaban J connectivity index is 0.000000212. The monoisotopic (exact) mass is 976 g/mol. The molecule has 0 amide bonds. The fraction of sp³-hybridized carbons (Fsp3) is 0.480. The molecule has 0 spiro atoms. The van der Waals surface area contributed by atoms with Crippen LogP contribution in [-0.2, 0) is 21.1 Å². The van der Waals surface area contributed by atoms with E-state index in [-0.39, 0.29) is 25.4 Å². The van der Waals surface area contributed by atoms with E-state index in [1.165, 1.54) is 12.8 Å². The second-order valence-corrected chi connectivity index (χ2v) is 26.0. The van der Waals surface area contributed by atoms with Crippen molar-refractivity contribution in [1.82, 2.24) is 49.9 Å². The predicted molar refractivity (Wildman–Crippen MR) is 263 cm³/mol. The number of aliphatic carboxylic acids is 2. The van der Waals surface area contributed by atoms with Crippen molar-refractivity contribution in [2.45, 2.75) is 125 Å². The molecule has 6 aromatic heterocycles. The lowest BCUT2D eigenvalue weighted by Gasteiger charge is -2.25. The Labute approximate surface area is 408 Å². The maximum atomic E-state index is 11.3. The van der Waals surface area contributed by atoms with Crippen molar-refractivity contribution in [3.63, 3.8) is 0 Å². The van der Waals surface area contributed by atoms with Crippen molar-refractivity contribution in [1.29, 1.82) is 0 Å². The second-order valence-electron chi connectivity index (χ2n) is 20.4. The summed E-state index contributed by atoms with van der Waals surface area (Å²) in [5, 5.41) is 30.2. The molecular formula is C50H64N10O9Si. The molecule has 3 N–H and O–H groups in total. The third kappa shape index (κ3) is 13.5. The number of hydrogen-bond acceptors (Lipinski definition) is 15. The minimum atomic E-state index is -1.18. The van der Waals surface area contributed by atoms with Gasteiger partial charge in [0.2, 0.25) is 11.8 Å². The van der Waals surface area contributed by atoms with Gasteiger partial charge in [-0.05, 0) is 122 Å². The Morgan fingerprint density at radius 2 is 1.26 bits per heavy atom. The summed E-state index contributed by atoms with van der Waals surface area (Å²) >= 11 is 0. The first-order valence-electron chi connectivity index (χ1n) is 23.6. The van der Waals surface area contributed by atoms with Gasteiger partial charge in [-0.3, -0.25) is 24.7 Å². The van der Waals surface area contributed by atoms with Crippen LogP contribution in [0.15, 0.2) is 61.2 Å². The molecule has 0 atom stereocenters. The third-order valence-electron chi connectivity index (χ3n) is 12.1. The van der Waals surface area contributed by atoms with Crippen LogP contribution in [0, 0.1) is 24.7 Å². The Kier molecular flexibility index (Phi) is 16.0. The molecule has 8 rings (SSSR count). The van der Waals surface area contributed by atoms with Crippen LogP contribution in [0.2, 0.25) is 25.7 Å². The van der Waals surface area contributed by atoms with Crippen molar-refractivity contribution in [3.8, 4) is 69.1 Å². The summed E-state index contributed by atoms with van der Waals surface area (Å²) in [4.78, 5) is 49.4. The maximum absolute atomic E-state index is 11.3. The second kappa shape index (κ2) is 21.9. The van der Waals surface area contributed by atoms with Gasteiger partial charge in [-0.2, -0.15) is 14.6 Å². The molecule has 372 valence electrons. The normalized spacial score (nSPS) is 14.2. The van der Waals surface area contributed by atoms with Crippen LogP contribution in [0.4, 0.5) is 0 Å². The number of aromatic amines is 1. The molecule has 6 aromatic rings. The summed E-state index contributed by atoms with van der Waals surface area (Å²) in [6, 6.07) is 13.1. The fourth-order valence-corrected chi connectivity index (χ4v) is 7.38. The zero-order valence-electron chi connectivity index (χ0n) is 41.5. The summed E-state index contributed by atoms with van der Waals surface area (Å²) in [6.07, 6.45) is 13.8. The number of rotatable bonds is 21. The van der Waals surface area contributed by atoms with E-state index in [1.807, 2.05) is 38.1 Å². The highest BCUT2D eigenvalue weighted by Gasteiger charge is 2.30. The SMILES string of the molecule is Cc1cc(OCC(C)(C)C(=O)O)ncc1-c1ccc(-c2nc(OC3CCC3)n(COCC[Si](C)(C)C)n2)cn1.Cc1cc(OCC(C)(C)C(=O)O)ncc1-c1ccc(-c2nc(OC3CCC3)n[nH]2)cn1. The number of nitrogens with one attached hydrogen (secondary N) is 1. The van der Waals surface area contributed by atoms with E-state index in [9.17, 15) is 19.8 Å². The fourth-order valence-electron chi connectivity index (χ4n) is 6.62. The first-order chi connectivity index (χ1) is 33.2. The highest BCUT2D eigenvalue weighted by molar-refractivity contribution is 6.76. The highest BCUT2D eigenvalue weighted by atomic mass is 28.3. The third-order valence-corrected chi connectivity index (χ3v) is 13.8. The van der Waals surface area contributed by atoms with Gasteiger partial charge >= 0.3 is 24.0 Å². The molecule has 0 unspecified atom stereocenters. The van der Waals surface area contributed by atoms with E-state index in [4.69, 9.17) is 23.7 Å². The number of aromatic nitrogens is 10. The molecule has 0 aliphatic heterocycles. The van der Waals surface area contributed by atoms with Crippen molar-refractivity contribution < 1.29 is 43.5 Å². The topological polar surface area (TPSA) is 245 Å². The molecule has 0 bridgehead atoms. The standard InChI is InChI=1S/C28H39N5O5Si.C22H25N5O4/c1-19-14-24(37-17-28(2,3)26(34)35)30-16-22(19)23-11-10-20(15-29-23)25-31-27(38-21-8-7-9-21)33(32-25)18-36-12-13-39(4,5)6;1-13-9-18(30-12-22(2,3)20(28)29)24-11-16(13)17-8-7-14(10-23-17)19-25-21(27-26-19)31-15-5-4-6-15/h10-11,14-16,21H,7-9,12-13,17-18H2,1-6H3,(H,34,35);7-11,15H,4-6,12H2,1-3H3,(H,28,29)(H,25,26,27). The Morgan fingerprint density at radius 3 is 1.71 bits per heavy atom. The van der Waals surface area contributed by atoms with Gasteiger partial charge < -0.3 is 33.9 Å². The Hall–Kier alpha value is -6.80. The number of carbonyl (C=O) groups is 2. The summed E-state index contributed by atoms with van der Waals surface area (Å²) in [5.74, 6) is 0.0648. The molecular weight excluding hydrogens is 913 g/mol. The Morgan fingerprint density at radius 1 is 0.729 bits per heavy atom. The molecule has 2 saturated carbocycles. The van der Waals surface area contributed by atoms with Crippen molar-refractivity contribution >= 4 is 20.0 Å². The molecule has 20 heteroatoms. The molecule has 2 aliphatic carbocycles. The van der Waals surface area contributed by atoms with E-state index >= 15 is 0 Å². The van der Waals surface area contributed by atoms with Gasteiger partial charge in [-0.25, -0.2) is 9.97 Å². The predicted octanol–water partition coefficient (Wildman–Crippen LogP) is 9.10. The molecule has 70 heavy (non-hydrogen) atoms. The largest absolute Gasteiger partial charge is 0.481 e. The van der Waals surface area contributed by atoms with Gasteiger partial charge in [-0.1, -0.05) is 19.6 Å². The number of pyridine rings is 4. The van der Waals surface area contributed by atoms with E-state index in [0.29, 0.717) is 48.8 Å². The Bertz CT molecular complexity index is 2730. The lowest BCUT2D eigenvalue weighted by Crippen LogP contribution is -2.30. The van der Waals surface area contributed by atoms with E-state index in [0.717, 1.165) is 76.5 Å². The molecule has 2 fully saturated rings. The number of aryl methyl sites for hydroxylation is 2. The van der Waals surface area contributed by atoms with E-state index < -0.39 is 30.8 Å². The molecule has 0 aromatic carbocycles. The lowest BCUT2D eigenvalue weighted by atomic mass is 9.95. The van der Waals surface area contributed by atoms with Crippen molar-refractivity contribution in [3.05, 3.63) is 72.3 Å². The van der Waals surface area contributed by atoms with Gasteiger partial charge in [-0.15, -0.1) is 10.2 Å². The van der Waals surface area contributed by atoms with Crippen molar-refractivity contribution in [2.75, 3.05) is 19.8 Å². The summed E-state index contributed by atoms with van der Waals surface area (Å²) in [6.45, 7) is 18.4. The number of carboxylic acid groups (broad SMARTS) is 2. The summed E-state index contributed by atoms with van der Waals surface area (Å²) in [5.41, 5.74) is 4.66. The van der Waals surface area contributed by atoms with Gasteiger partial charge in [0.05, 0.1) is 22.2 Å². The number of carboxylic acids is 2. The minimum absolute atomic E-state index is 0.0243. The number of nitrogens with zero attached hydrogens (tertiary/aromatic N) is 9. The summed E-state index contributed by atoms with van der Waals surface area (Å²) in [7, 11) is -1.18. The van der Waals surface area contributed by atoms with Crippen molar-refractivity contribution in [2.24, 2.45) is 10.8 Å². The van der Waals surface area contributed by atoms with Crippen LogP contribution in [-0.4, -0.2) is 112 Å². The number of ether oxygens (including phenoxy) is 5. The van der Waals surface area contributed by atoms with Crippen LogP contribution < -0.4 is 18.9 Å². The molecule has 2 aliphatic rings. The average Bonchev–Trinajstić information content (AvgIpc) is 3.94. The molecule has 0 radical (unpaired) electrons. The lowest BCUT2D eigenvalue weighted by molar-refractivity contribution is -0.149. The number of hydrogen-bond donors (Lipinski definition) is 3. The van der Waals surface area contributed by atoms with Crippen LogP contribution >= 0.6 is 0 Å². The molecule has 19 nitrogen and oxygen atoms in total. The zero-order chi connectivity index (χ0) is 50.2. The van der Waals surface area contributed by atoms with Crippen LogP contribution in [0.5, 0.6) is 23.8 Å². The van der Waals surface area contributed by atoms with Gasteiger partial charge in [0.15, 0.2) is 11.6 Å². The summed E-state index contributed by atoms with van der Waals surface area (Å²) < 4.78 is 30.6. The molecule has 6 heterocycles. The average molecular weight is 977 g/mol. The zero-order valence-corrected chi connectivity index (χ0v) is 42.5. The highest BCUT2D eigenvalue weighted by Crippen LogP contribution is 2.31. The van der Waals surface area contributed by atoms with Crippen LogP contribution in [0.3, 0.4) is 0 Å². The smallest absolute Gasteiger partial charge is 0.336 e. The first kappa shape index (κ1) is 51.1.